The normalized spacial score (nSPS) is 13.5. The molecule has 0 aromatic heterocycles. The molecule has 0 saturated carbocycles. The Morgan fingerprint density at radius 2 is 0.909 bits per heavy atom. The second-order valence-corrected chi connectivity index (χ2v) is 17.0. The number of hydrogen-bond acceptors (Lipinski definition) is 16. The molecule has 0 aliphatic carbocycles. The number of methoxy groups -OCH3 is 1. The van der Waals surface area contributed by atoms with Crippen LogP contribution in [0.5, 0.6) is 0 Å². The molecule has 0 aromatic carbocycles. The van der Waals surface area contributed by atoms with Gasteiger partial charge in [0.15, 0.2) is 0 Å². The van der Waals surface area contributed by atoms with Crippen LogP contribution in [0.2, 0.25) is 12.1 Å². The van der Waals surface area contributed by atoms with Crippen LogP contribution in [0.4, 0.5) is 0 Å². The molecule has 0 spiro atoms. The fraction of sp³-hybridized carbons (Fsp3) is 0.771. The lowest BCUT2D eigenvalue weighted by Crippen LogP contribution is -2.46. The highest BCUT2D eigenvalue weighted by Crippen LogP contribution is 2.20. The molecule has 0 aliphatic heterocycles. The van der Waals surface area contributed by atoms with Crippen LogP contribution in [-0.4, -0.2) is 168 Å². The molecule has 0 bridgehead atoms. The van der Waals surface area contributed by atoms with Crippen LogP contribution in [0.1, 0.15) is 54.4 Å². The Hall–Kier alpha value is -2.61. The highest BCUT2D eigenvalue weighted by atomic mass is 28.4. The number of ether oxygens (including phenoxy) is 5. The number of nitrogens with zero attached hydrogens (tertiary/aromatic N) is 1. The molecule has 2 atom stereocenters. The molecular weight excluding hydrogens is 763 g/mol. The Kier molecular flexibility index (Phi) is 30.9. The first-order valence-corrected chi connectivity index (χ1v) is 22.7. The molecule has 0 aromatic rings. The van der Waals surface area contributed by atoms with E-state index in [9.17, 15) is 19.2 Å². The van der Waals surface area contributed by atoms with Crippen molar-refractivity contribution in [3.8, 4) is 0 Å². The third-order valence-corrected chi connectivity index (χ3v) is 13.5. The van der Waals surface area contributed by atoms with Crippen LogP contribution in [0, 0.1) is 0 Å². The summed E-state index contributed by atoms with van der Waals surface area (Å²) >= 11 is 0. The van der Waals surface area contributed by atoms with Crippen molar-refractivity contribution >= 4 is 41.5 Å². The average molecular weight is 828 g/mol. The summed E-state index contributed by atoms with van der Waals surface area (Å²) in [5.41, 5.74) is 0. The maximum Gasteiger partial charge on any atom is 0.501 e. The minimum Gasteiger partial charge on any atom is -0.478 e. The van der Waals surface area contributed by atoms with Gasteiger partial charge in [0.1, 0.15) is 12.2 Å². The van der Waals surface area contributed by atoms with Gasteiger partial charge in [0, 0.05) is 116 Å². The standard InChI is InChI=1S/C35H65NO17Si2/c1-8-46-54(47-9-2,48-10-3)24-14-21-44-28-30(52-34(41)18-16-32(37)38)26-36(20-23-43-7)27-31(53-35(42)19-17-33(39)40)29-45-22-15-25-55(49-11-4,50-12-5)51-13-6/h16-19,30-31H,8-15,20-29H2,1-7H3,(H,37,38)(H,39,40). The van der Waals surface area contributed by atoms with Crippen molar-refractivity contribution in [1.82, 2.24) is 4.90 Å². The van der Waals surface area contributed by atoms with Crippen LogP contribution in [0.25, 0.3) is 0 Å². The number of esters is 2. The quantitative estimate of drug-likeness (QED) is 0.0399. The van der Waals surface area contributed by atoms with E-state index in [1.807, 2.05) is 46.4 Å². The maximum atomic E-state index is 12.6. The fourth-order valence-electron chi connectivity index (χ4n) is 5.20. The summed E-state index contributed by atoms with van der Waals surface area (Å²) in [5, 5.41) is 18.0. The van der Waals surface area contributed by atoms with Gasteiger partial charge >= 0.3 is 41.5 Å². The smallest absolute Gasteiger partial charge is 0.478 e. The molecule has 0 fully saturated rings. The van der Waals surface area contributed by atoms with E-state index in [4.69, 9.17) is 60.5 Å². The monoisotopic (exact) mass is 827 g/mol. The van der Waals surface area contributed by atoms with E-state index in [2.05, 4.69) is 0 Å². The summed E-state index contributed by atoms with van der Waals surface area (Å²) in [5.74, 6) is -4.43. The first-order valence-electron chi connectivity index (χ1n) is 18.8. The molecular formula is C35H65NO17Si2. The molecule has 20 heteroatoms. The third kappa shape index (κ3) is 26.0. The Bertz CT molecular complexity index is 999. The lowest BCUT2D eigenvalue weighted by atomic mass is 10.2. The molecule has 2 unspecified atom stereocenters. The van der Waals surface area contributed by atoms with Gasteiger partial charge < -0.3 is 60.5 Å². The van der Waals surface area contributed by atoms with E-state index in [-0.39, 0.29) is 46.1 Å². The van der Waals surface area contributed by atoms with Gasteiger partial charge in [-0.05, 0) is 54.4 Å². The highest BCUT2D eigenvalue weighted by molar-refractivity contribution is 6.61. The molecule has 320 valence electrons. The van der Waals surface area contributed by atoms with Crippen molar-refractivity contribution in [3.63, 3.8) is 0 Å². The maximum absolute atomic E-state index is 12.6. The van der Waals surface area contributed by atoms with Crippen LogP contribution < -0.4 is 0 Å². The van der Waals surface area contributed by atoms with Crippen molar-refractivity contribution in [2.45, 2.75) is 78.7 Å². The van der Waals surface area contributed by atoms with Gasteiger partial charge in [-0.15, -0.1) is 0 Å². The predicted molar refractivity (Wildman–Crippen MR) is 203 cm³/mol. The number of carboxylic acids is 2. The summed E-state index contributed by atoms with van der Waals surface area (Å²) in [6.45, 7) is 14.9. The number of hydrogen-bond donors (Lipinski definition) is 2. The first-order chi connectivity index (χ1) is 26.4. The van der Waals surface area contributed by atoms with Crippen LogP contribution in [0.15, 0.2) is 24.3 Å². The molecule has 0 radical (unpaired) electrons. The van der Waals surface area contributed by atoms with Crippen molar-refractivity contribution in [3.05, 3.63) is 24.3 Å². The van der Waals surface area contributed by atoms with Gasteiger partial charge in [0.25, 0.3) is 0 Å². The number of aliphatic carboxylic acids is 2. The topological polar surface area (TPSA) is 214 Å². The average Bonchev–Trinajstić information content (AvgIpc) is 3.12. The van der Waals surface area contributed by atoms with Crippen molar-refractivity contribution in [2.75, 3.05) is 99.4 Å². The lowest BCUT2D eigenvalue weighted by molar-refractivity contribution is -0.150. The molecule has 0 saturated heterocycles. The molecule has 0 rings (SSSR count). The number of rotatable bonds is 37. The predicted octanol–water partition coefficient (Wildman–Crippen LogP) is 2.95. The minimum absolute atomic E-state index is 0.0595. The third-order valence-electron chi connectivity index (χ3n) is 7.16. The van der Waals surface area contributed by atoms with E-state index in [0.717, 1.165) is 12.2 Å². The van der Waals surface area contributed by atoms with Gasteiger partial charge in [-0.25, -0.2) is 19.2 Å². The van der Waals surface area contributed by atoms with E-state index >= 15 is 0 Å². The second kappa shape index (κ2) is 32.5. The Labute approximate surface area is 328 Å². The molecule has 0 aliphatic rings. The second-order valence-electron chi connectivity index (χ2n) is 11.5. The molecule has 55 heavy (non-hydrogen) atoms. The highest BCUT2D eigenvalue weighted by Gasteiger charge is 2.40. The van der Waals surface area contributed by atoms with Crippen molar-refractivity contribution in [2.24, 2.45) is 0 Å². The fourth-order valence-corrected chi connectivity index (χ4v) is 10.4. The van der Waals surface area contributed by atoms with Gasteiger partial charge in [-0.2, -0.15) is 0 Å². The SMILES string of the molecule is CCO[Si](CCCOCC(CN(CCOC)CC(COCCC[Si](OCC)(OCC)OCC)OC(=O)C=CC(=O)O)OC(=O)C=CC(=O)O)(OCC)OCC. The van der Waals surface area contributed by atoms with Crippen LogP contribution >= 0.6 is 0 Å². The first kappa shape index (κ1) is 52.4. The zero-order valence-corrected chi connectivity index (χ0v) is 35.7. The summed E-state index contributed by atoms with van der Waals surface area (Å²) < 4.78 is 63.8. The molecule has 18 nitrogen and oxygen atoms in total. The van der Waals surface area contributed by atoms with E-state index < -0.39 is 53.7 Å². The zero-order valence-electron chi connectivity index (χ0n) is 33.7. The summed E-state index contributed by atoms with van der Waals surface area (Å²) in [4.78, 5) is 49.1. The molecule has 2 N–H and O–H groups in total. The van der Waals surface area contributed by atoms with Crippen LogP contribution in [0.3, 0.4) is 0 Å². The van der Waals surface area contributed by atoms with Gasteiger partial charge in [-0.1, -0.05) is 0 Å². The van der Waals surface area contributed by atoms with E-state index in [1.165, 1.54) is 7.11 Å². The van der Waals surface area contributed by atoms with Crippen molar-refractivity contribution in [1.29, 1.82) is 0 Å². The van der Waals surface area contributed by atoms with Gasteiger partial charge in [-0.3, -0.25) is 4.90 Å². The summed E-state index contributed by atoms with van der Waals surface area (Å²) in [7, 11) is -4.29. The molecule has 0 amide bonds. The summed E-state index contributed by atoms with van der Waals surface area (Å²) in [6, 6.07) is 1.01. The Balaban J connectivity index is 5.98. The van der Waals surface area contributed by atoms with E-state index in [0.29, 0.717) is 83.3 Å². The number of carbonyl (C=O) groups excluding carboxylic acids is 2. The van der Waals surface area contributed by atoms with Gasteiger partial charge in [0.2, 0.25) is 0 Å². The lowest BCUT2D eigenvalue weighted by Gasteiger charge is -2.30. The number of carbonyl (C=O) groups is 4. The Morgan fingerprint density at radius 1 is 0.564 bits per heavy atom. The summed E-state index contributed by atoms with van der Waals surface area (Å²) in [6.07, 6.45) is 2.21. The largest absolute Gasteiger partial charge is 0.501 e. The minimum atomic E-state index is -2.90. The zero-order chi connectivity index (χ0) is 41.4. The number of carboxylic acid groups (broad SMARTS) is 2. The van der Waals surface area contributed by atoms with Crippen LogP contribution in [-0.2, 0) is 69.4 Å². The van der Waals surface area contributed by atoms with E-state index in [1.54, 1.807) is 0 Å². The van der Waals surface area contributed by atoms with Gasteiger partial charge in [0.05, 0.1) is 19.8 Å². The van der Waals surface area contributed by atoms with Crippen molar-refractivity contribution < 1.29 is 79.6 Å². The molecule has 0 heterocycles. The Morgan fingerprint density at radius 3 is 1.20 bits per heavy atom.